The van der Waals surface area contributed by atoms with Gasteiger partial charge >= 0.3 is 5.97 Å². The van der Waals surface area contributed by atoms with Crippen LogP contribution in [0.5, 0.6) is 0 Å². The van der Waals surface area contributed by atoms with E-state index in [9.17, 15) is 14.4 Å². The van der Waals surface area contributed by atoms with Crippen molar-refractivity contribution in [3.8, 4) is 11.1 Å². The van der Waals surface area contributed by atoms with Gasteiger partial charge in [-0.3, -0.25) is 9.59 Å². The van der Waals surface area contributed by atoms with Gasteiger partial charge < -0.3 is 15.4 Å². The van der Waals surface area contributed by atoms with Gasteiger partial charge in [0.15, 0.2) is 0 Å². The van der Waals surface area contributed by atoms with Crippen molar-refractivity contribution in [1.82, 2.24) is 0 Å². The highest BCUT2D eigenvalue weighted by atomic mass is 35.5. The first kappa shape index (κ1) is 29.4. The molecule has 0 aliphatic heterocycles. The topological polar surface area (TPSA) is 84.5 Å². The number of amides is 2. The van der Waals surface area contributed by atoms with Crippen LogP contribution in [0.1, 0.15) is 34.8 Å². The molecule has 0 saturated carbocycles. The normalized spacial score (nSPS) is 11.5. The Morgan fingerprint density at radius 3 is 2.40 bits per heavy atom. The van der Waals surface area contributed by atoms with Gasteiger partial charge in [-0.25, -0.2) is 4.79 Å². The van der Waals surface area contributed by atoms with Gasteiger partial charge in [-0.15, -0.1) is 23.1 Å². The number of hydrogen-bond acceptors (Lipinski definition) is 6. The Hall–Kier alpha value is -3.59. The summed E-state index contributed by atoms with van der Waals surface area (Å²) in [5.41, 5.74) is 4.55. The highest BCUT2D eigenvalue weighted by Crippen LogP contribution is 2.37. The van der Waals surface area contributed by atoms with E-state index in [2.05, 4.69) is 10.6 Å². The molecule has 206 valence electrons. The Bertz CT molecular complexity index is 1500. The molecule has 9 heteroatoms. The molecule has 4 rings (SSSR count). The summed E-state index contributed by atoms with van der Waals surface area (Å²) in [6.45, 7) is 3.93. The molecule has 0 aliphatic rings. The molecular weight excluding hydrogens is 564 g/mol. The van der Waals surface area contributed by atoms with Crippen molar-refractivity contribution in [2.75, 3.05) is 17.7 Å². The zero-order valence-electron chi connectivity index (χ0n) is 22.3. The number of nitrogens with one attached hydrogen (secondary N) is 2. The number of carbonyl (C=O) groups is 3. The molecule has 0 fully saturated rings. The van der Waals surface area contributed by atoms with Crippen LogP contribution in [-0.2, 0) is 20.7 Å². The van der Waals surface area contributed by atoms with Gasteiger partial charge in [-0.2, -0.15) is 0 Å². The van der Waals surface area contributed by atoms with E-state index in [4.69, 9.17) is 16.3 Å². The number of esters is 1. The summed E-state index contributed by atoms with van der Waals surface area (Å²) in [5.74, 6) is -0.867. The van der Waals surface area contributed by atoms with Gasteiger partial charge in [0.1, 0.15) is 10.6 Å². The minimum Gasteiger partial charge on any atom is -0.465 e. The zero-order valence-corrected chi connectivity index (χ0v) is 24.7. The van der Waals surface area contributed by atoms with E-state index >= 15 is 0 Å². The Labute approximate surface area is 247 Å². The van der Waals surface area contributed by atoms with Crippen LogP contribution in [0.3, 0.4) is 0 Å². The van der Waals surface area contributed by atoms with E-state index in [0.717, 1.165) is 27.1 Å². The molecule has 6 nitrogen and oxygen atoms in total. The number of rotatable bonds is 10. The molecule has 0 bridgehead atoms. The van der Waals surface area contributed by atoms with Crippen LogP contribution in [-0.4, -0.2) is 30.1 Å². The van der Waals surface area contributed by atoms with Crippen LogP contribution >= 0.6 is 34.7 Å². The molecule has 0 radical (unpaired) electrons. The number of halogens is 1. The van der Waals surface area contributed by atoms with Crippen molar-refractivity contribution in [3.05, 3.63) is 99.9 Å². The molecule has 1 atom stereocenters. The van der Waals surface area contributed by atoms with Crippen molar-refractivity contribution >= 4 is 63.2 Å². The minimum atomic E-state index is -0.505. The number of hydrogen-bond donors (Lipinski definition) is 2. The first-order chi connectivity index (χ1) is 19.3. The second kappa shape index (κ2) is 13.7. The highest BCUT2D eigenvalue weighted by Gasteiger charge is 2.25. The second-order valence-electron chi connectivity index (χ2n) is 9.09. The number of ether oxygens (including phenoxy) is 1. The average Bonchev–Trinajstić information content (AvgIpc) is 3.36. The largest absolute Gasteiger partial charge is 0.465 e. The summed E-state index contributed by atoms with van der Waals surface area (Å²) in [4.78, 5) is 39.4. The van der Waals surface area contributed by atoms with Crippen molar-refractivity contribution in [2.24, 2.45) is 0 Å². The lowest BCUT2D eigenvalue weighted by atomic mass is 10.0. The van der Waals surface area contributed by atoms with Crippen molar-refractivity contribution in [2.45, 2.75) is 36.8 Å². The van der Waals surface area contributed by atoms with Gasteiger partial charge in [0, 0.05) is 26.5 Å². The lowest BCUT2D eigenvalue weighted by Gasteiger charge is -2.16. The van der Waals surface area contributed by atoms with Gasteiger partial charge in [0.2, 0.25) is 11.8 Å². The van der Waals surface area contributed by atoms with Crippen LogP contribution in [0.4, 0.5) is 10.7 Å². The molecule has 1 heterocycles. The molecule has 1 unspecified atom stereocenters. The smallest absolute Gasteiger partial charge is 0.341 e. The predicted molar refractivity (Wildman–Crippen MR) is 165 cm³/mol. The van der Waals surface area contributed by atoms with Gasteiger partial charge in [0.05, 0.1) is 18.8 Å². The number of carbonyl (C=O) groups excluding carboxylic acids is 3. The number of benzene rings is 3. The van der Waals surface area contributed by atoms with Gasteiger partial charge in [0.25, 0.3) is 0 Å². The number of thioether (sulfide) groups is 1. The molecule has 0 aliphatic carbocycles. The minimum absolute atomic E-state index is 0.147. The Morgan fingerprint density at radius 1 is 1.00 bits per heavy atom. The van der Waals surface area contributed by atoms with Crippen LogP contribution in [0.15, 0.2) is 83.1 Å². The molecule has 2 N–H and O–H groups in total. The van der Waals surface area contributed by atoms with Crippen LogP contribution in [0.25, 0.3) is 11.1 Å². The molecular formula is C31H29ClN2O4S2. The van der Waals surface area contributed by atoms with Crippen molar-refractivity contribution in [1.29, 1.82) is 0 Å². The highest BCUT2D eigenvalue weighted by molar-refractivity contribution is 8.00. The van der Waals surface area contributed by atoms with E-state index in [1.165, 1.54) is 30.2 Å². The monoisotopic (exact) mass is 592 g/mol. The lowest BCUT2D eigenvalue weighted by molar-refractivity contribution is -0.116. The Morgan fingerprint density at radius 2 is 1.73 bits per heavy atom. The quantitative estimate of drug-likeness (QED) is 0.145. The maximum atomic E-state index is 13.3. The Balaban J connectivity index is 1.45. The molecule has 3 aromatic carbocycles. The maximum Gasteiger partial charge on any atom is 0.341 e. The van der Waals surface area contributed by atoms with Crippen molar-refractivity contribution < 1.29 is 19.1 Å². The maximum absolute atomic E-state index is 13.3. The van der Waals surface area contributed by atoms with Crippen LogP contribution in [0, 0.1) is 6.92 Å². The van der Waals surface area contributed by atoms with E-state index in [0.29, 0.717) is 27.7 Å². The van der Waals surface area contributed by atoms with Gasteiger partial charge in [-0.05, 0) is 54.8 Å². The van der Waals surface area contributed by atoms with E-state index in [1.807, 2.05) is 79.9 Å². The summed E-state index contributed by atoms with van der Waals surface area (Å²) in [6.07, 6.45) is 0.788. The molecule has 40 heavy (non-hydrogen) atoms. The van der Waals surface area contributed by atoms with E-state index in [1.54, 1.807) is 12.1 Å². The third-order valence-electron chi connectivity index (χ3n) is 6.12. The molecule has 0 spiro atoms. The number of anilines is 2. The second-order valence-corrected chi connectivity index (χ2v) is 11.7. The fraction of sp³-hybridized carbons (Fsp3) is 0.194. The molecule has 4 aromatic rings. The fourth-order valence-corrected chi connectivity index (χ4v) is 6.12. The van der Waals surface area contributed by atoms with Crippen LogP contribution < -0.4 is 10.6 Å². The SMILES string of the molecule is CCC(Sc1cccc(NC(=O)Cc2ccc(Cl)cc2)c1)C(=O)Nc1scc(-c2ccc(C)cc2)c1C(=O)OC. The first-order valence-electron chi connectivity index (χ1n) is 12.7. The van der Waals surface area contributed by atoms with E-state index < -0.39 is 11.2 Å². The van der Waals surface area contributed by atoms with Crippen molar-refractivity contribution in [3.63, 3.8) is 0 Å². The molecule has 0 saturated heterocycles. The average molecular weight is 593 g/mol. The number of thiophene rings is 1. The third-order valence-corrected chi connectivity index (χ3v) is 8.62. The third kappa shape index (κ3) is 7.53. The summed E-state index contributed by atoms with van der Waals surface area (Å²) < 4.78 is 5.04. The standard InChI is InChI=1S/C31H29ClN2O4S2/c1-4-26(40-24-7-5-6-23(17-24)33-27(35)16-20-10-14-22(32)15-11-20)29(36)34-30-28(31(37)38-3)25(18-39-30)21-12-8-19(2)9-13-21/h5-15,17-18,26H,4,16H2,1-3H3,(H,33,35)(H,34,36). The number of methoxy groups -OCH3 is 1. The molecule has 2 amide bonds. The Kier molecular flexibility index (Phi) is 10.0. The summed E-state index contributed by atoms with van der Waals surface area (Å²) in [7, 11) is 1.33. The predicted octanol–water partition coefficient (Wildman–Crippen LogP) is 7.85. The molecule has 1 aromatic heterocycles. The van der Waals surface area contributed by atoms with E-state index in [-0.39, 0.29) is 18.2 Å². The number of aryl methyl sites for hydroxylation is 1. The summed E-state index contributed by atoms with van der Waals surface area (Å²) in [6, 6.07) is 22.4. The van der Waals surface area contributed by atoms with Gasteiger partial charge in [-0.1, -0.05) is 66.6 Å². The summed E-state index contributed by atoms with van der Waals surface area (Å²) >= 11 is 8.62. The lowest BCUT2D eigenvalue weighted by Crippen LogP contribution is -2.25. The zero-order chi connectivity index (χ0) is 28.6. The summed E-state index contributed by atoms with van der Waals surface area (Å²) in [5, 5.41) is 8.39. The van der Waals surface area contributed by atoms with Crippen LogP contribution in [0.2, 0.25) is 5.02 Å². The fourth-order valence-electron chi connectivity index (χ4n) is 4.02. The first-order valence-corrected chi connectivity index (χ1v) is 14.8.